The predicted octanol–water partition coefficient (Wildman–Crippen LogP) is 3.03. The summed E-state index contributed by atoms with van der Waals surface area (Å²) in [5.74, 6) is 0.812. The van der Waals surface area contributed by atoms with Gasteiger partial charge < -0.3 is 19.7 Å². The topological polar surface area (TPSA) is 68.6 Å². The van der Waals surface area contributed by atoms with Crippen molar-refractivity contribution < 1.29 is 14.3 Å². The van der Waals surface area contributed by atoms with Crippen molar-refractivity contribution in [3.8, 4) is 5.75 Å². The van der Waals surface area contributed by atoms with E-state index in [4.69, 9.17) is 9.47 Å². The molecule has 1 aromatic carbocycles. The van der Waals surface area contributed by atoms with E-state index < -0.39 is 0 Å². The molecule has 1 heterocycles. The fourth-order valence-electron chi connectivity index (χ4n) is 3.42. The Labute approximate surface area is 166 Å². The molecule has 2 aromatic rings. The summed E-state index contributed by atoms with van der Waals surface area (Å²) in [6.45, 7) is 6.35. The number of rotatable bonds is 9. The Morgan fingerprint density at radius 1 is 1.29 bits per heavy atom. The predicted molar refractivity (Wildman–Crippen MR) is 107 cm³/mol. The molecule has 0 radical (unpaired) electrons. The lowest BCUT2D eigenvalue weighted by atomic mass is 10.2. The number of hydrogen-bond donors (Lipinski definition) is 1. The van der Waals surface area contributed by atoms with Crippen molar-refractivity contribution in [2.75, 3.05) is 20.8 Å². The Morgan fingerprint density at radius 3 is 2.71 bits per heavy atom. The number of nitrogens with zero attached hydrogens (tertiary/aromatic N) is 3. The van der Waals surface area contributed by atoms with Gasteiger partial charge in [-0.1, -0.05) is 18.2 Å². The highest BCUT2D eigenvalue weighted by atomic mass is 16.5. The van der Waals surface area contributed by atoms with E-state index in [1.807, 2.05) is 47.7 Å². The zero-order valence-corrected chi connectivity index (χ0v) is 17.2. The lowest BCUT2D eigenvalue weighted by Crippen LogP contribution is -2.40. The molecule has 2 amide bonds. The number of methoxy groups -OCH3 is 2. The first-order chi connectivity index (χ1) is 13.5. The van der Waals surface area contributed by atoms with Gasteiger partial charge in [0.05, 0.1) is 32.5 Å². The average molecular weight is 386 g/mol. The van der Waals surface area contributed by atoms with Crippen LogP contribution in [0.3, 0.4) is 0 Å². The lowest BCUT2D eigenvalue weighted by Gasteiger charge is -2.24. The fourth-order valence-corrected chi connectivity index (χ4v) is 3.42. The van der Waals surface area contributed by atoms with Crippen LogP contribution in [-0.4, -0.2) is 47.6 Å². The molecule has 7 heteroatoms. The van der Waals surface area contributed by atoms with Gasteiger partial charge in [0.1, 0.15) is 5.75 Å². The van der Waals surface area contributed by atoms with Gasteiger partial charge in [0.25, 0.3) is 0 Å². The number of urea groups is 1. The van der Waals surface area contributed by atoms with Gasteiger partial charge >= 0.3 is 6.03 Å². The molecule has 1 saturated carbocycles. The summed E-state index contributed by atoms with van der Waals surface area (Å²) < 4.78 is 12.5. The second-order valence-electron chi connectivity index (χ2n) is 7.19. The quantitative estimate of drug-likeness (QED) is 0.719. The Morgan fingerprint density at radius 2 is 2.04 bits per heavy atom. The first-order valence-corrected chi connectivity index (χ1v) is 9.73. The molecule has 0 aliphatic heterocycles. The summed E-state index contributed by atoms with van der Waals surface area (Å²) in [6, 6.07) is 8.11. The zero-order valence-electron chi connectivity index (χ0n) is 17.2. The Balaban J connectivity index is 1.66. The molecule has 1 aliphatic carbocycles. The number of nitrogens with one attached hydrogen (secondary N) is 1. The third-order valence-electron chi connectivity index (χ3n) is 5.24. The van der Waals surface area contributed by atoms with E-state index in [9.17, 15) is 4.79 Å². The molecule has 152 valence electrons. The number of benzene rings is 1. The Bertz CT molecular complexity index is 814. The molecule has 28 heavy (non-hydrogen) atoms. The highest BCUT2D eigenvalue weighted by Crippen LogP contribution is 2.30. The van der Waals surface area contributed by atoms with Crippen molar-refractivity contribution in [2.45, 2.75) is 52.4 Å². The summed E-state index contributed by atoms with van der Waals surface area (Å²) in [6.07, 6.45) is 2.10. The van der Waals surface area contributed by atoms with E-state index in [1.54, 1.807) is 14.2 Å². The van der Waals surface area contributed by atoms with Crippen LogP contribution in [0.2, 0.25) is 0 Å². The number of aryl methyl sites for hydroxylation is 1. The van der Waals surface area contributed by atoms with Crippen molar-refractivity contribution in [1.82, 2.24) is 20.0 Å². The molecule has 7 nitrogen and oxygen atoms in total. The molecule has 1 aliphatic rings. The minimum absolute atomic E-state index is 0.0446. The van der Waals surface area contributed by atoms with Crippen molar-refractivity contribution in [3.63, 3.8) is 0 Å². The fraction of sp³-hybridized carbons (Fsp3) is 0.524. The minimum Gasteiger partial charge on any atom is -0.496 e. The number of aromatic nitrogens is 2. The first-order valence-electron chi connectivity index (χ1n) is 9.73. The largest absolute Gasteiger partial charge is 0.496 e. The summed E-state index contributed by atoms with van der Waals surface area (Å²) >= 11 is 0. The van der Waals surface area contributed by atoms with E-state index in [1.165, 1.54) is 0 Å². The van der Waals surface area contributed by atoms with Crippen LogP contribution in [0.25, 0.3) is 0 Å². The second kappa shape index (κ2) is 9.10. The number of ether oxygens (including phenoxy) is 2. The molecule has 0 saturated heterocycles. The van der Waals surface area contributed by atoms with E-state index in [0.717, 1.165) is 41.1 Å². The van der Waals surface area contributed by atoms with E-state index in [-0.39, 0.29) is 6.03 Å². The van der Waals surface area contributed by atoms with Crippen LogP contribution in [0, 0.1) is 13.8 Å². The van der Waals surface area contributed by atoms with Crippen LogP contribution in [0.4, 0.5) is 4.79 Å². The summed E-state index contributed by atoms with van der Waals surface area (Å²) in [5.41, 5.74) is 4.10. The Hall–Kier alpha value is -2.54. The van der Waals surface area contributed by atoms with Crippen LogP contribution in [0.1, 0.15) is 35.4 Å². The van der Waals surface area contributed by atoms with Crippen LogP contribution in [-0.2, 0) is 24.4 Å². The summed E-state index contributed by atoms with van der Waals surface area (Å²) in [7, 11) is 3.34. The molecule has 1 N–H and O–H groups in total. The van der Waals surface area contributed by atoms with Crippen molar-refractivity contribution in [2.24, 2.45) is 0 Å². The minimum atomic E-state index is -0.0446. The number of para-hydroxylation sites is 1. The number of amides is 2. The third-order valence-corrected chi connectivity index (χ3v) is 5.24. The maximum absolute atomic E-state index is 12.9. The lowest BCUT2D eigenvalue weighted by molar-refractivity contribution is 0.182. The van der Waals surface area contributed by atoms with Crippen molar-refractivity contribution in [3.05, 3.63) is 46.8 Å². The first kappa shape index (κ1) is 20.2. The van der Waals surface area contributed by atoms with Crippen molar-refractivity contribution in [1.29, 1.82) is 0 Å². The van der Waals surface area contributed by atoms with Crippen LogP contribution < -0.4 is 10.1 Å². The number of carbonyl (C=O) groups is 1. The smallest absolute Gasteiger partial charge is 0.318 e. The van der Waals surface area contributed by atoms with Crippen molar-refractivity contribution >= 4 is 6.03 Å². The standard InChI is InChI=1S/C21H30N4O3/c1-15-19(16(2)25(23-15)11-12-27-3)13-22-21(26)24(18-9-10-18)14-17-7-5-6-8-20(17)28-4/h5-8,18H,9-14H2,1-4H3,(H,22,26). The normalized spacial score (nSPS) is 13.4. The van der Waals surface area contributed by atoms with Gasteiger partial charge in [0.2, 0.25) is 0 Å². The molecule has 1 aromatic heterocycles. The van der Waals surface area contributed by atoms with E-state index >= 15 is 0 Å². The van der Waals surface area contributed by atoms with Gasteiger partial charge in [0.15, 0.2) is 0 Å². The zero-order chi connectivity index (χ0) is 20.1. The molecule has 3 rings (SSSR count). The average Bonchev–Trinajstić information content (AvgIpc) is 3.50. The van der Waals surface area contributed by atoms with E-state index in [0.29, 0.717) is 32.3 Å². The number of hydrogen-bond acceptors (Lipinski definition) is 4. The number of carbonyl (C=O) groups excluding carboxylic acids is 1. The molecule has 0 unspecified atom stereocenters. The van der Waals surface area contributed by atoms with Gasteiger partial charge in [-0.3, -0.25) is 4.68 Å². The maximum Gasteiger partial charge on any atom is 0.318 e. The van der Waals surface area contributed by atoms with Gasteiger partial charge in [-0.15, -0.1) is 0 Å². The SMILES string of the molecule is COCCn1nc(C)c(CNC(=O)N(Cc2ccccc2OC)C2CC2)c1C. The maximum atomic E-state index is 12.9. The summed E-state index contributed by atoms with van der Waals surface area (Å²) in [5, 5.41) is 7.65. The molecule has 0 atom stereocenters. The third kappa shape index (κ3) is 4.65. The highest BCUT2D eigenvalue weighted by molar-refractivity contribution is 5.75. The van der Waals surface area contributed by atoms with Gasteiger partial charge in [-0.2, -0.15) is 5.10 Å². The monoisotopic (exact) mass is 386 g/mol. The van der Waals surface area contributed by atoms with Gasteiger partial charge in [-0.05, 0) is 32.8 Å². The van der Waals surface area contributed by atoms with Gasteiger partial charge in [-0.25, -0.2) is 4.79 Å². The van der Waals surface area contributed by atoms with E-state index in [2.05, 4.69) is 10.4 Å². The highest BCUT2D eigenvalue weighted by Gasteiger charge is 2.33. The summed E-state index contributed by atoms with van der Waals surface area (Å²) in [4.78, 5) is 14.8. The second-order valence-corrected chi connectivity index (χ2v) is 7.19. The molecular weight excluding hydrogens is 356 g/mol. The van der Waals surface area contributed by atoms with Crippen LogP contribution in [0.5, 0.6) is 5.75 Å². The van der Waals surface area contributed by atoms with Gasteiger partial charge in [0, 0.05) is 36.5 Å². The molecular formula is C21H30N4O3. The molecule has 0 bridgehead atoms. The Kier molecular flexibility index (Phi) is 6.57. The molecule has 1 fully saturated rings. The molecule has 0 spiro atoms. The van der Waals surface area contributed by atoms with Crippen LogP contribution in [0.15, 0.2) is 24.3 Å². The van der Waals surface area contributed by atoms with Crippen LogP contribution >= 0.6 is 0 Å².